The van der Waals surface area contributed by atoms with Gasteiger partial charge in [0.2, 0.25) is 0 Å². The Labute approximate surface area is 136 Å². The molecular formula is C19H22N2S. The van der Waals surface area contributed by atoms with Crippen LogP contribution in [0.3, 0.4) is 0 Å². The van der Waals surface area contributed by atoms with Crippen LogP contribution in [-0.4, -0.2) is 31.9 Å². The molecule has 3 heteroatoms. The van der Waals surface area contributed by atoms with Gasteiger partial charge in [-0.3, -0.25) is 0 Å². The van der Waals surface area contributed by atoms with Gasteiger partial charge in [0, 0.05) is 29.7 Å². The minimum Gasteiger partial charge on any atom is -0.367 e. The zero-order chi connectivity index (χ0) is 14.9. The topological polar surface area (TPSA) is 15.3 Å². The van der Waals surface area contributed by atoms with Gasteiger partial charge in [-0.25, -0.2) is 0 Å². The summed E-state index contributed by atoms with van der Waals surface area (Å²) in [6, 6.07) is 16.6. The van der Waals surface area contributed by atoms with Gasteiger partial charge in [-0.1, -0.05) is 24.3 Å². The molecule has 1 fully saturated rings. The van der Waals surface area contributed by atoms with E-state index in [-0.39, 0.29) is 0 Å². The molecule has 2 heterocycles. The highest BCUT2D eigenvalue weighted by molar-refractivity contribution is 7.98. The maximum Gasteiger partial charge on any atom is 0.0408 e. The summed E-state index contributed by atoms with van der Waals surface area (Å²) in [5.74, 6) is 0. The summed E-state index contributed by atoms with van der Waals surface area (Å²) >= 11 is 1.79. The van der Waals surface area contributed by atoms with Gasteiger partial charge in [0.05, 0.1) is 0 Å². The van der Waals surface area contributed by atoms with Crippen LogP contribution >= 0.6 is 11.8 Å². The first kappa shape index (κ1) is 14.2. The van der Waals surface area contributed by atoms with Crippen LogP contribution in [0.2, 0.25) is 0 Å². The molecule has 2 aromatic rings. The first-order valence-corrected chi connectivity index (χ1v) is 9.32. The van der Waals surface area contributed by atoms with Gasteiger partial charge in [0.15, 0.2) is 0 Å². The molecule has 0 amide bonds. The standard InChI is InChI=1S/C19H22N2S/c1-22-18-6-4-14(5-7-18)15-2-3-16-12-17-8-9-20-10-11-21(17)19(16)13-15/h2-7,13,17,20H,8-12H2,1H3. The summed E-state index contributed by atoms with van der Waals surface area (Å²) in [7, 11) is 0. The molecule has 114 valence electrons. The third-order valence-corrected chi connectivity index (χ3v) is 5.64. The molecule has 0 aromatic heterocycles. The fourth-order valence-electron chi connectivity index (χ4n) is 3.68. The maximum atomic E-state index is 3.52. The molecule has 1 unspecified atom stereocenters. The van der Waals surface area contributed by atoms with Crippen molar-refractivity contribution >= 4 is 17.4 Å². The van der Waals surface area contributed by atoms with Crippen molar-refractivity contribution < 1.29 is 0 Å². The summed E-state index contributed by atoms with van der Waals surface area (Å²) < 4.78 is 0. The number of fused-ring (bicyclic) bond motifs is 3. The van der Waals surface area contributed by atoms with Gasteiger partial charge >= 0.3 is 0 Å². The first-order chi connectivity index (χ1) is 10.8. The number of benzene rings is 2. The first-order valence-electron chi connectivity index (χ1n) is 8.10. The number of nitrogens with zero attached hydrogens (tertiary/aromatic N) is 1. The van der Waals surface area contributed by atoms with Crippen molar-refractivity contribution in [1.82, 2.24) is 5.32 Å². The zero-order valence-electron chi connectivity index (χ0n) is 13.0. The lowest BCUT2D eigenvalue weighted by Gasteiger charge is -2.24. The Kier molecular flexibility index (Phi) is 3.85. The Morgan fingerprint density at radius 1 is 1.05 bits per heavy atom. The summed E-state index contributed by atoms with van der Waals surface area (Å²) in [5, 5.41) is 3.52. The number of hydrogen-bond acceptors (Lipinski definition) is 3. The van der Waals surface area contributed by atoms with Crippen molar-refractivity contribution in [2.75, 3.05) is 30.8 Å². The van der Waals surface area contributed by atoms with E-state index in [4.69, 9.17) is 0 Å². The predicted molar refractivity (Wildman–Crippen MR) is 96.0 cm³/mol. The summed E-state index contributed by atoms with van der Waals surface area (Å²) in [6.45, 7) is 3.38. The zero-order valence-corrected chi connectivity index (χ0v) is 13.8. The Hall–Kier alpha value is -1.45. The fraction of sp³-hybridized carbons (Fsp3) is 0.368. The molecule has 2 aliphatic rings. The highest BCUT2D eigenvalue weighted by atomic mass is 32.2. The minimum absolute atomic E-state index is 0.694. The van der Waals surface area contributed by atoms with Crippen LogP contribution in [0.1, 0.15) is 12.0 Å². The minimum atomic E-state index is 0.694. The van der Waals surface area contributed by atoms with Gasteiger partial charge in [0.1, 0.15) is 0 Å². The summed E-state index contributed by atoms with van der Waals surface area (Å²) in [6.07, 6.45) is 4.59. The third-order valence-electron chi connectivity index (χ3n) is 4.90. The lowest BCUT2D eigenvalue weighted by molar-refractivity contribution is 0.612. The summed E-state index contributed by atoms with van der Waals surface area (Å²) in [5.41, 5.74) is 5.64. The van der Waals surface area contributed by atoms with Gasteiger partial charge < -0.3 is 10.2 Å². The van der Waals surface area contributed by atoms with Gasteiger partial charge in [-0.2, -0.15) is 0 Å². The second-order valence-electron chi connectivity index (χ2n) is 6.16. The van der Waals surface area contributed by atoms with Crippen molar-refractivity contribution in [3.8, 4) is 11.1 Å². The van der Waals surface area contributed by atoms with Crippen molar-refractivity contribution in [3.05, 3.63) is 48.0 Å². The molecule has 4 rings (SSSR count). The van der Waals surface area contributed by atoms with Crippen LogP contribution in [0, 0.1) is 0 Å². The van der Waals surface area contributed by atoms with Crippen molar-refractivity contribution in [3.63, 3.8) is 0 Å². The molecule has 0 radical (unpaired) electrons. The van der Waals surface area contributed by atoms with Gasteiger partial charge in [-0.05, 0) is 60.5 Å². The van der Waals surface area contributed by atoms with Crippen LogP contribution in [-0.2, 0) is 6.42 Å². The molecule has 0 saturated carbocycles. The number of thioether (sulfide) groups is 1. The largest absolute Gasteiger partial charge is 0.367 e. The highest BCUT2D eigenvalue weighted by Crippen LogP contribution is 2.37. The Morgan fingerprint density at radius 2 is 1.86 bits per heavy atom. The van der Waals surface area contributed by atoms with E-state index in [9.17, 15) is 0 Å². The predicted octanol–water partition coefficient (Wildman–Crippen LogP) is 3.80. The molecule has 0 bridgehead atoms. The average molecular weight is 310 g/mol. The van der Waals surface area contributed by atoms with E-state index in [0.717, 1.165) is 19.6 Å². The summed E-state index contributed by atoms with van der Waals surface area (Å²) in [4.78, 5) is 3.94. The quantitative estimate of drug-likeness (QED) is 0.849. The normalized spacial score (nSPS) is 20.4. The van der Waals surface area contributed by atoms with Crippen molar-refractivity contribution in [2.45, 2.75) is 23.8 Å². The SMILES string of the molecule is CSc1ccc(-c2ccc3c(c2)N2CCNCCC2C3)cc1. The van der Waals surface area contributed by atoms with E-state index in [1.807, 2.05) is 0 Å². The molecule has 2 nitrogen and oxygen atoms in total. The fourth-order valence-corrected chi connectivity index (χ4v) is 4.09. The van der Waals surface area contributed by atoms with Crippen LogP contribution in [0.15, 0.2) is 47.4 Å². The van der Waals surface area contributed by atoms with Gasteiger partial charge in [-0.15, -0.1) is 11.8 Å². The van der Waals surface area contributed by atoms with E-state index >= 15 is 0 Å². The van der Waals surface area contributed by atoms with E-state index < -0.39 is 0 Å². The van der Waals surface area contributed by atoms with Gasteiger partial charge in [0.25, 0.3) is 0 Å². The van der Waals surface area contributed by atoms with Crippen molar-refractivity contribution in [2.24, 2.45) is 0 Å². The number of rotatable bonds is 2. The molecule has 2 aliphatic heterocycles. The third kappa shape index (κ3) is 2.53. The lowest BCUT2D eigenvalue weighted by Crippen LogP contribution is -2.32. The smallest absolute Gasteiger partial charge is 0.0408 e. The Morgan fingerprint density at radius 3 is 2.68 bits per heavy atom. The van der Waals surface area contributed by atoms with Crippen LogP contribution in [0.5, 0.6) is 0 Å². The average Bonchev–Trinajstić information content (AvgIpc) is 2.75. The molecule has 1 saturated heterocycles. The molecule has 2 aromatic carbocycles. The van der Waals surface area contributed by atoms with E-state index in [1.54, 1.807) is 11.8 Å². The van der Waals surface area contributed by atoms with Crippen LogP contribution in [0.4, 0.5) is 5.69 Å². The van der Waals surface area contributed by atoms with Crippen LogP contribution in [0.25, 0.3) is 11.1 Å². The molecule has 1 atom stereocenters. The van der Waals surface area contributed by atoms with Crippen molar-refractivity contribution in [1.29, 1.82) is 0 Å². The second-order valence-corrected chi connectivity index (χ2v) is 7.04. The van der Waals surface area contributed by atoms with E-state index in [1.165, 1.54) is 40.1 Å². The monoisotopic (exact) mass is 310 g/mol. The molecular weight excluding hydrogens is 288 g/mol. The molecule has 0 spiro atoms. The molecule has 0 aliphatic carbocycles. The second kappa shape index (κ2) is 5.98. The maximum absolute atomic E-state index is 3.52. The molecule has 22 heavy (non-hydrogen) atoms. The number of nitrogens with one attached hydrogen (secondary N) is 1. The number of hydrogen-bond donors (Lipinski definition) is 1. The number of anilines is 1. The van der Waals surface area contributed by atoms with E-state index in [2.05, 4.69) is 58.9 Å². The van der Waals surface area contributed by atoms with E-state index in [0.29, 0.717) is 6.04 Å². The molecule has 1 N–H and O–H groups in total. The Balaban J connectivity index is 1.68. The van der Waals surface area contributed by atoms with Crippen LogP contribution < -0.4 is 10.2 Å². The Bertz CT molecular complexity index is 666. The highest BCUT2D eigenvalue weighted by Gasteiger charge is 2.30. The lowest BCUT2D eigenvalue weighted by atomic mass is 10.0.